The molecule has 0 aromatic heterocycles. The van der Waals surface area contributed by atoms with Crippen molar-refractivity contribution in [2.24, 2.45) is 5.10 Å². The molecule has 4 rings (SSSR count). The summed E-state index contributed by atoms with van der Waals surface area (Å²) in [7, 11) is 0. The molecule has 0 fully saturated rings. The second kappa shape index (κ2) is 7.46. The van der Waals surface area contributed by atoms with Crippen molar-refractivity contribution in [2.75, 3.05) is 5.01 Å². The van der Waals surface area contributed by atoms with Gasteiger partial charge in [0.2, 0.25) is 5.90 Å². The quantitative estimate of drug-likeness (QED) is 0.612. The van der Waals surface area contributed by atoms with Crippen molar-refractivity contribution >= 4 is 17.6 Å². The average molecular weight is 356 g/mol. The van der Waals surface area contributed by atoms with Crippen LogP contribution in [0.25, 0.3) is 0 Å². The number of rotatable bonds is 3. The number of para-hydroxylation sites is 1. The van der Waals surface area contributed by atoms with Crippen molar-refractivity contribution < 1.29 is 9.53 Å². The predicted molar refractivity (Wildman–Crippen MR) is 107 cm³/mol. The molecule has 3 aromatic carbocycles. The van der Waals surface area contributed by atoms with E-state index in [4.69, 9.17) is 4.74 Å². The molecule has 134 valence electrons. The number of nitrogens with zero attached hydrogens (tertiary/aromatic N) is 2. The number of carbonyl (C=O) groups is 1. The molecule has 1 unspecified atom stereocenters. The molecule has 1 heterocycles. The normalized spacial score (nSPS) is 16.1. The lowest BCUT2D eigenvalue weighted by Gasteiger charge is -2.23. The van der Waals surface area contributed by atoms with Gasteiger partial charge in [0.05, 0.1) is 23.7 Å². The molecular weight excluding hydrogens is 336 g/mol. The van der Waals surface area contributed by atoms with Gasteiger partial charge in [-0.3, -0.25) is 5.01 Å². The van der Waals surface area contributed by atoms with Gasteiger partial charge in [0.1, 0.15) is 0 Å². The Morgan fingerprint density at radius 3 is 2.37 bits per heavy atom. The lowest BCUT2D eigenvalue weighted by atomic mass is 10.0. The van der Waals surface area contributed by atoms with Gasteiger partial charge < -0.3 is 4.74 Å². The molecule has 0 bridgehead atoms. The van der Waals surface area contributed by atoms with E-state index in [1.54, 1.807) is 6.07 Å². The average Bonchev–Trinajstić information content (AvgIpc) is 3.13. The Hall–Kier alpha value is -3.40. The van der Waals surface area contributed by atoms with Crippen LogP contribution in [0.3, 0.4) is 0 Å². The van der Waals surface area contributed by atoms with Gasteiger partial charge >= 0.3 is 5.97 Å². The molecule has 0 radical (unpaired) electrons. The van der Waals surface area contributed by atoms with Crippen LogP contribution in [0.5, 0.6) is 0 Å². The third-order valence-electron chi connectivity index (χ3n) is 4.55. The summed E-state index contributed by atoms with van der Waals surface area (Å²) in [4.78, 5) is 12.5. The molecule has 1 aliphatic rings. The second-order valence-corrected chi connectivity index (χ2v) is 6.56. The molecular formula is C23H20N2O2. The maximum Gasteiger partial charge on any atom is 0.344 e. The van der Waals surface area contributed by atoms with Gasteiger partial charge in [-0.05, 0) is 36.8 Å². The van der Waals surface area contributed by atoms with E-state index >= 15 is 0 Å². The molecule has 3 aromatic rings. The molecule has 0 saturated carbocycles. The summed E-state index contributed by atoms with van der Waals surface area (Å²) in [6.45, 7) is 1.95. The number of hydrogen-bond acceptors (Lipinski definition) is 4. The van der Waals surface area contributed by atoms with Crippen LogP contribution in [-0.2, 0) is 4.74 Å². The first-order valence-electron chi connectivity index (χ1n) is 8.96. The smallest absolute Gasteiger partial charge is 0.344 e. The molecule has 0 N–H and O–H groups in total. The van der Waals surface area contributed by atoms with E-state index in [2.05, 4.69) is 17.2 Å². The molecule has 4 heteroatoms. The monoisotopic (exact) mass is 356 g/mol. The SMILES string of the molecule is Cc1cccc(C(=O)OC2=NN(c3ccccc3)C(c3ccccc3)C2)c1. The summed E-state index contributed by atoms with van der Waals surface area (Å²) in [6.07, 6.45) is 0.538. The highest BCUT2D eigenvalue weighted by atomic mass is 16.5. The Morgan fingerprint density at radius 1 is 0.963 bits per heavy atom. The van der Waals surface area contributed by atoms with Crippen LogP contribution in [0.1, 0.15) is 33.9 Å². The number of aryl methyl sites for hydroxylation is 1. The number of benzene rings is 3. The van der Waals surface area contributed by atoms with E-state index in [0.29, 0.717) is 17.9 Å². The van der Waals surface area contributed by atoms with Crippen LogP contribution in [0.15, 0.2) is 90.0 Å². The largest absolute Gasteiger partial charge is 0.406 e. The summed E-state index contributed by atoms with van der Waals surface area (Å²) in [6, 6.07) is 27.5. The Kier molecular flexibility index (Phi) is 4.71. The fourth-order valence-corrected chi connectivity index (χ4v) is 3.24. The highest BCUT2D eigenvalue weighted by molar-refractivity contribution is 5.99. The molecule has 0 amide bonds. The second-order valence-electron chi connectivity index (χ2n) is 6.56. The van der Waals surface area contributed by atoms with Crippen molar-refractivity contribution in [3.8, 4) is 0 Å². The molecule has 0 aliphatic carbocycles. The number of carbonyl (C=O) groups excluding carboxylic acids is 1. The Bertz CT molecular complexity index is 968. The van der Waals surface area contributed by atoms with E-state index in [-0.39, 0.29) is 12.0 Å². The van der Waals surface area contributed by atoms with Gasteiger partial charge in [-0.2, -0.15) is 0 Å². The molecule has 1 aliphatic heterocycles. The lowest BCUT2D eigenvalue weighted by molar-refractivity contribution is 0.0713. The van der Waals surface area contributed by atoms with Crippen molar-refractivity contribution in [2.45, 2.75) is 19.4 Å². The highest BCUT2D eigenvalue weighted by Crippen LogP contribution is 2.35. The molecule has 1 atom stereocenters. The fraction of sp³-hybridized carbons (Fsp3) is 0.130. The van der Waals surface area contributed by atoms with Gasteiger partial charge in [0.15, 0.2) is 0 Å². The van der Waals surface area contributed by atoms with Crippen molar-refractivity contribution in [3.05, 3.63) is 102 Å². The van der Waals surface area contributed by atoms with Gasteiger partial charge in [0, 0.05) is 0 Å². The van der Waals surface area contributed by atoms with Crippen molar-refractivity contribution in [1.29, 1.82) is 0 Å². The zero-order chi connectivity index (χ0) is 18.6. The minimum atomic E-state index is -0.376. The van der Waals surface area contributed by atoms with Crippen LogP contribution >= 0.6 is 0 Å². The Balaban J connectivity index is 1.61. The van der Waals surface area contributed by atoms with Crippen molar-refractivity contribution in [3.63, 3.8) is 0 Å². The van der Waals surface area contributed by atoms with E-state index in [1.807, 2.05) is 78.7 Å². The maximum atomic E-state index is 12.5. The first kappa shape index (κ1) is 17.0. The summed E-state index contributed by atoms with van der Waals surface area (Å²) < 4.78 is 5.63. The minimum Gasteiger partial charge on any atom is -0.406 e. The van der Waals surface area contributed by atoms with E-state index in [0.717, 1.165) is 16.8 Å². The van der Waals surface area contributed by atoms with Crippen LogP contribution < -0.4 is 5.01 Å². The summed E-state index contributed by atoms with van der Waals surface area (Å²) in [5, 5.41) is 6.54. The lowest BCUT2D eigenvalue weighted by Crippen LogP contribution is -2.18. The third kappa shape index (κ3) is 3.75. The van der Waals surface area contributed by atoms with Crippen molar-refractivity contribution in [1.82, 2.24) is 0 Å². The van der Waals surface area contributed by atoms with E-state index < -0.39 is 0 Å². The highest BCUT2D eigenvalue weighted by Gasteiger charge is 2.31. The van der Waals surface area contributed by atoms with Crippen LogP contribution in [0.2, 0.25) is 0 Å². The van der Waals surface area contributed by atoms with Gasteiger partial charge in [0.25, 0.3) is 0 Å². The molecule has 0 spiro atoms. The zero-order valence-corrected chi connectivity index (χ0v) is 15.1. The first-order chi connectivity index (χ1) is 13.2. The Labute approximate surface area is 158 Å². The topological polar surface area (TPSA) is 41.9 Å². The number of esters is 1. The van der Waals surface area contributed by atoms with E-state index in [9.17, 15) is 4.79 Å². The summed E-state index contributed by atoms with van der Waals surface area (Å²) >= 11 is 0. The predicted octanol–water partition coefficient (Wildman–Crippen LogP) is 5.12. The maximum absolute atomic E-state index is 12.5. The Morgan fingerprint density at radius 2 is 1.67 bits per heavy atom. The number of hydrogen-bond donors (Lipinski definition) is 0. The number of ether oxygens (including phenoxy) is 1. The van der Waals surface area contributed by atoms with Crippen LogP contribution in [-0.4, -0.2) is 11.9 Å². The summed E-state index contributed by atoms with van der Waals surface area (Å²) in [5.74, 6) is 0.0541. The molecule has 4 nitrogen and oxygen atoms in total. The standard InChI is InChI=1S/C23H20N2O2/c1-17-9-8-12-19(15-17)23(26)27-22-16-21(18-10-4-2-5-11-18)25(24-22)20-13-6-3-7-14-20/h2-15,21H,16H2,1H3. The number of hydrazone groups is 1. The van der Waals surface area contributed by atoms with Crippen LogP contribution in [0.4, 0.5) is 5.69 Å². The minimum absolute atomic E-state index is 0.00564. The van der Waals surface area contributed by atoms with E-state index in [1.165, 1.54) is 0 Å². The number of anilines is 1. The van der Waals surface area contributed by atoms with Gasteiger partial charge in [-0.25, -0.2) is 4.79 Å². The molecule has 0 saturated heterocycles. The van der Waals surface area contributed by atoms with Crippen LogP contribution in [0, 0.1) is 6.92 Å². The van der Waals surface area contributed by atoms with Gasteiger partial charge in [-0.1, -0.05) is 66.2 Å². The third-order valence-corrected chi connectivity index (χ3v) is 4.55. The summed E-state index contributed by atoms with van der Waals surface area (Å²) in [5.41, 5.74) is 3.65. The first-order valence-corrected chi connectivity index (χ1v) is 8.96. The molecule has 27 heavy (non-hydrogen) atoms. The van der Waals surface area contributed by atoms with Gasteiger partial charge in [-0.15, -0.1) is 5.10 Å². The zero-order valence-electron chi connectivity index (χ0n) is 15.1. The fourth-order valence-electron chi connectivity index (χ4n) is 3.24.